The first-order valence-electron chi connectivity index (χ1n) is 7.34. The number of nitrogens with zero attached hydrogens (tertiary/aromatic N) is 1. The summed E-state index contributed by atoms with van der Waals surface area (Å²) in [6, 6.07) is 7.79. The van der Waals surface area contributed by atoms with Crippen molar-refractivity contribution in [3.63, 3.8) is 0 Å². The van der Waals surface area contributed by atoms with Crippen molar-refractivity contribution in [1.29, 1.82) is 0 Å². The summed E-state index contributed by atoms with van der Waals surface area (Å²) in [6.45, 7) is 2.11. The molecule has 0 radical (unpaired) electrons. The van der Waals surface area contributed by atoms with Crippen LogP contribution >= 0.6 is 0 Å². The zero-order valence-electron chi connectivity index (χ0n) is 12.0. The van der Waals surface area contributed by atoms with Crippen LogP contribution in [0.25, 0.3) is 0 Å². The lowest BCUT2D eigenvalue weighted by atomic mass is 9.99. The van der Waals surface area contributed by atoms with Gasteiger partial charge in [0, 0.05) is 5.71 Å². The first-order chi connectivity index (χ1) is 9.78. The molecule has 1 saturated carbocycles. The SMILES string of the molecule is CCc1ccc(OCC(=O)NN=C2CCCCC2)cc1. The number of aryl methyl sites for hydroxylation is 1. The molecule has 0 saturated heterocycles. The molecule has 1 aromatic rings. The number of ether oxygens (including phenoxy) is 1. The van der Waals surface area contributed by atoms with E-state index in [9.17, 15) is 4.79 Å². The Morgan fingerprint density at radius 2 is 1.90 bits per heavy atom. The van der Waals surface area contributed by atoms with Crippen LogP contribution in [0.1, 0.15) is 44.6 Å². The molecule has 0 spiro atoms. The van der Waals surface area contributed by atoms with Crippen LogP contribution in [-0.4, -0.2) is 18.2 Å². The molecule has 4 heteroatoms. The number of amides is 1. The molecular weight excluding hydrogens is 252 g/mol. The van der Waals surface area contributed by atoms with Crippen molar-refractivity contribution in [2.24, 2.45) is 5.10 Å². The largest absolute Gasteiger partial charge is 0.484 e. The smallest absolute Gasteiger partial charge is 0.277 e. The highest BCUT2D eigenvalue weighted by Gasteiger charge is 2.08. The summed E-state index contributed by atoms with van der Waals surface area (Å²) in [5, 5.41) is 4.16. The third kappa shape index (κ3) is 4.68. The zero-order valence-corrected chi connectivity index (χ0v) is 12.0. The fourth-order valence-electron chi connectivity index (χ4n) is 2.22. The fourth-order valence-corrected chi connectivity index (χ4v) is 2.22. The van der Waals surface area contributed by atoms with Crippen LogP contribution in [0.3, 0.4) is 0 Å². The van der Waals surface area contributed by atoms with E-state index in [4.69, 9.17) is 4.74 Å². The number of carbonyl (C=O) groups excluding carboxylic acids is 1. The van der Waals surface area contributed by atoms with Crippen molar-refractivity contribution in [3.8, 4) is 5.75 Å². The number of nitrogens with one attached hydrogen (secondary N) is 1. The number of rotatable bonds is 5. The average molecular weight is 274 g/mol. The van der Waals surface area contributed by atoms with E-state index in [1.165, 1.54) is 24.8 Å². The minimum atomic E-state index is -0.206. The molecule has 1 aromatic carbocycles. The summed E-state index contributed by atoms with van der Waals surface area (Å²) in [6.07, 6.45) is 6.62. The second kappa shape index (κ2) is 7.68. The molecule has 1 aliphatic rings. The maximum absolute atomic E-state index is 11.6. The first-order valence-corrected chi connectivity index (χ1v) is 7.34. The molecule has 0 heterocycles. The van der Waals surface area contributed by atoms with Gasteiger partial charge in [0.25, 0.3) is 5.91 Å². The lowest BCUT2D eigenvalue weighted by Crippen LogP contribution is -2.26. The van der Waals surface area contributed by atoms with Crippen LogP contribution in [0.2, 0.25) is 0 Å². The normalized spacial score (nSPS) is 14.8. The van der Waals surface area contributed by atoms with Gasteiger partial charge >= 0.3 is 0 Å². The number of carbonyl (C=O) groups is 1. The molecule has 2 rings (SSSR count). The van der Waals surface area contributed by atoms with Crippen molar-refractivity contribution < 1.29 is 9.53 Å². The highest BCUT2D eigenvalue weighted by Crippen LogP contribution is 2.14. The molecular formula is C16H22N2O2. The number of hydrogen-bond acceptors (Lipinski definition) is 3. The monoisotopic (exact) mass is 274 g/mol. The predicted molar refractivity (Wildman–Crippen MR) is 80.0 cm³/mol. The predicted octanol–water partition coefficient (Wildman–Crippen LogP) is 3.06. The Labute approximate surface area is 120 Å². The van der Waals surface area contributed by atoms with Gasteiger partial charge in [0.2, 0.25) is 0 Å². The summed E-state index contributed by atoms with van der Waals surface area (Å²) in [4.78, 5) is 11.6. The Bertz CT molecular complexity index is 458. The summed E-state index contributed by atoms with van der Waals surface area (Å²) in [7, 11) is 0. The molecule has 0 atom stereocenters. The molecule has 4 nitrogen and oxygen atoms in total. The molecule has 0 unspecified atom stereocenters. The van der Waals surface area contributed by atoms with E-state index in [0.717, 1.165) is 25.0 Å². The summed E-state index contributed by atoms with van der Waals surface area (Å²) < 4.78 is 5.43. The number of hydrogen-bond donors (Lipinski definition) is 1. The molecule has 20 heavy (non-hydrogen) atoms. The standard InChI is InChI=1S/C16H22N2O2/c1-2-13-8-10-15(11-9-13)20-12-16(19)18-17-14-6-4-3-5-7-14/h8-11H,2-7,12H2,1H3,(H,18,19). The molecule has 1 N–H and O–H groups in total. The van der Waals surface area contributed by atoms with E-state index in [2.05, 4.69) is 17.5 Å². The zero-order chi connectivity index (χ0) is 14.2. The van der Waals surface area contributed by atoms with Gasteiger partial charge in [-0.15, -0.1) is 0 Å². The number of benzene rings is 1. The second-order valence-electron chi connectivity index (χ2n) is 5.06. The lowest BCUT2D eigenvalue weighted by Gasteiger charge is -2.12. The molecule has 1 fully saturated rings. The van der Waals surface area contributed by atoms with E-state index in [0.29, 0.717) is 5.75 Å². The van der Waals surface area contributed by atoms with Crippen LogP contribution in [0.4, 0.5) is 0 Å². The third-order valence-corrected chi connectivity index (χ3v) is 3.47. The summed E-state index contributed by atoms with van der Waals surface area (Å²) in [5.74, 6) is 0.505. The van der Waals surface area contributed by atoms with Crippen LogP contribution in [0.15, 0.2) is 29.4 Å². The fraction of sp³-hybridized carbons (Fsp3) is 0.500. The molecule has 0 aromatic heterocycles. The maximum atomic E-state index is 11.6. The maximum Gasteiger partial charge on any atom is 0.277 e. The van der Waals surface area contributed by atoms with Crippen molar-refractivity contribution in [2.45, 2.75) is 45.4 Å². The van der Waals surface area contributed by atoms with Crippen LogP contribution in [-0.2, 0) is 11.2 Å². The topological polar surface area (TPSA) is 50.7 Å². The van der Waals surface area contributed by atoms with Gasteiger partial charge in [-0.3, -0.25) is 4.79 Å². The van der Waals surface area contributed by atoms with E-state index < -0.39 is 0 Å². The highest BCUT2D eigenvalue weighted by molar-refractivity contribution is 5.87. The van der Waals surface area contributed by atoms with Gasteiger partial charge in [0.05, 0.1) is 0 Å². The van der Waals surface area contributed by atoms with Gasteiger partial charge in [0.15, 0.2) is 6.61 Å². The molecule has 0 bridgehead atoms. The molecule has 1 amide bonds. The van der Waals surface area contributed by atoms with Crippen molar-refractivity contribution in [3.05, 3.63) is 29.8 Å². The van der Waals surface area contributed by atoms with Gasteiger partial charge in [-0.2, -0.15) is 5.10 Å². The van der Waals surface area contributed by atoms with E-state index in [1.54, 1.807) is 0 Å². The van der Waals surface area contributed by atoms with Crippen LogP contribution in [0.5, 0.6) is 5.75 Å². The van der Waals surface area contributed by atoms with Gasteiger partial charge in [-0.25, -0.2) is 5.43 Å². The molecule has 108 valence electrons. The Balaban J connectivity index is 1.73. The van der Waals surface area contributed by atoms with Gasteiger partial charge in [-0.1, -0.05) is 25.5 Å². The summed E-state index contributed by atoms with van der Waals surface area (Å²) in [5.41, 5.74) is 4.92. The van der Waals surface area contributed by atoms with Gasteiger partial charge in [0.1, 0.15) is 5.75 Å². The van der Waals surface area contributed by atoms with E-state index in [-0.39, 0.29) is 12.5 Å². The van der Waals surface area contributed by atoms with E-state index >= 15 is 0 Å². The first kappa shape index (κ1) is 14.6. The van der Waals surface area contributed by atoms with Crippen LogP contribution < -0.4 is 10.2 Å². The van der Waals surface area contributed by atoms with Gasteiger partial charge in [-0.05, 0) is 49.8 Å². The minimum absolute atomic E-state index is 0.00223. The van der Waals surface area contributed by atoms with E-state index in [1.807, 2.05) is 24.3 Å². The number of hydrazone groups is 1. The Morgan fingerprint density at radius 1 is 1.20 bits per heavy atom. The van der Waals surface area contributed by atoms with Gasteiger partial charge < -0.3 is 4.74 Å². The van der Waals surface area contributed by atoms with Crippen LogP contribution in [0, 0.1) is 0 Å². The second-order valence-corrected chi connectivity index (χ2v) is 5.06. The molecule has 1 aliphatic carbocycles. The van der Waals surface area contributed by atoms with Crippen molar-refractivity contribution in [2.75, 3.05) is 6.61 Å². The Hall–Kier alpha value is -1.84. The highest BCUT2D eigenvalue weighted by atomic mass is 16.5. The average Bonchev–Trinajstić information content (AvgIpc) is 2.52. The summed E-state index contributed by atoms with van der Waals surface area (Å²) >= 11 is 0. The minimum Gasteiger partial charge on any atom is -0.484 e. The Kier molecular flexibility index (Phi) is 5.59. The Morgan fingerprint density at radius 3 is 2.55 bits per heavy atom. The van der Waals surface area contributed by atoms with Crippen molar-refractivity contribution in [1.82, 2.24) is 5.43 Å². The molecule has 0 aliphatic heterocycles. The third-order valence-electron chi connectivity index (χ3n) is 3.47. The van der Waals surface area contributed by atoms with Crippen molar-refractivity contribution >= 4 is 11.6 Å². The lowest BCUT2D eigenvalue weighted by molar-refractivity contribution is -0.123. The quantitative estimate of drug-likeness (QED) is 0.839.